The van der Waals surface area contributed by atoms with Crippen LogP contribution in [0, 0.1) is 6.92 Å². The number of aryl methyl sites for hydroxylation is 2. The second kappa shape index (κ2) is 3.60. The highest BCUT2D eigenvalue weighted by Crippen LogP contribution is 2.35. The van der Waals surface area contributed by atoms with Gasteiger partial charge in [-0.3, -0.25) is 0 Å². The van der Waals surface area contributed by atoms with Gasteiger partial charge < -0.3 is 0 Å². The molecule has 0 radical (unpaired) electrons. The van der Waals surface area contributed by atoms with Crippen molar-refractivity contribution in [1.82, 2.24) is 0 Å². The van der Waals surface area contributed by atoms with Crippen molar-refractivity contribution in [3.05, 3.63) is 47.5 Å². The monoisotopic (exact) mass is 226 g/mol. The molecule has 0 aliphatic rings. The van der Waals surface area contributed by atoms with Gasteiger partial charge in [0.2, 0.25) is 0 Å². The minimum absolute atomic E-state index is 1.12. The van der Waals surface area contributed by atoms with Crippen molar-refractivity contribution in [3.63, 3.8) is 0 Å². The van der Waals surface area contributed by atoms with Gasteiger partial charge in [0.15, 0.2) is 0 Å². The second-order valence-electron chi connectivity index (χ2n) is 4.23. The van der Waals surface area contributed by atoms with Crippen molar-refractivity contribution < 1.29 is 0 Å². The number of thiophene rings is 1. The highest BCUT2D eigenvalue weighted by Gasteiger charge is 2.06. The van der Waals surface area contributed by atoms with Gasteiger partial charge in [0.05, 0.1) is 0 Å². The number of rotatable bonds is 1. The molecule has 1 aromatic heterocycles. The van der Waals surface area contributed by atoms with E-state index >= 15 is 0 Å². The van der Waals surface area contributed by atoms with Crippen molar-refractivity contribution in [2.45, 2.75) is 20.3 Å². The van der Waals surface area contributed by atoms with Crippen molar-refractivity contribution in [2.75, 3.05) is 0 Å². The summed E-state index contributed by atoms with van der Waals surface area (Å²) in [6, 6.07) is 13.4. The molecule has 0 aliphatic heterocycles. The Labute approximate surface area is 99.5 Å². The van der Waals surface area contributed by atoms with E-state index < -0.39 is 0 Å². The lowest BCUT2D eigenvalue weighted by molar-refractivity contribution is 1.12. The number of hydrogen-bond donors (Lipinski definition) is 0. The zero-order valence-corrected chi connectivity index (χ0v) is 10.4. The van der Waals surface area contributed by atoms with Crippen LogP contribution < -0.4 is 0 Å². The summed E-state index contributed by atoms with van der Waals surface area (Å²) in [5.74, 6) is 0. The fourth-order valence-corrected chi connectivity index (χ4v) is 3.45. The highest BCUT2D eigenvalue weighted by atomic mass is 32.1. The van der Waals surface area contributed by atoms with Crippen LogP contribution in [-0.4, -0.2) is 0 Å². The first-order valence-electron chi connectivity index (χ1n) is 5.70. The Morgan fingerprint density at radius 2 is 1.81 bits per heavy atom. The first kappa shape index (κ1) is 9.86. The molecule has 0 aliphatic carbocycles. The van der Waals surface area contributed by atoms with Gasteiger partial charge in [-0.25, -0.2) is 0 Å². The standard InChI is InChI=1S/C15H14S/c1-3-11-9-15-13(8-10(11)2)12-6-4-5-7-14(12)16-15/h4-9H,3H2,1-2H3. The highest BCUT2D eigenvalue weighted by molar-refractivity contribution is 7.25. The normalized spacial score (nSPS) is 11.4. The fraction of sp³-hybridized carbons (Fsp3) is 0.200. The summed E-state index contributed by atoms with van der Waals surface area (Å²) in [6.07, 6.45) is 1.12. The summed E-state index contributed by atoms with van der Waals surface area (Å²) in [7, 11) is 0. The van der Waals surface area contributed by atoms with Gasteiger partial charge in [0.1, 0.15) is 0 Å². The summed E-state index contributed by atoms with van der Waals surface area (Å²) in [5, 5.41) is 2.81. The van der Waals surface area contributed by atoms with Gasteiger partial charge in [-0.15, -0.1) is 11.3 Å². The molecule has 1 heteroatoms. The molecule has 3 aromatic rings. The van der Waals surface area contributed by atoms with Crippen LogP contribution >= 0.6 is 11.3 Å². The van der Waals surface area contributed by atoms with Gasteiger partial charge in [-0.1, -0.05) is 25.1 Å². The smallest absolute Gasteiger partial charge is 0.0358 e. The molecule has 80 valence electrons. The molecule has 0 unspecified atom stereocenters. The van der Waals surface area contributed by atoms with Gasteiger partial charge in [-0.2, -0.15) is 0 Å². The summed E-state index contributed by atoms with van der Waals surface area (Å²) < 4.78 is 2.81. The van der Waals surface area contributed by atoms with Crippen LogP contribution in [0.4, 0.5) is 0 Å². The molecule has 0 amide bonds. The zero-order valence-electron chi connectivity index (χ0n) is 9.58. The molecule has 0 saturated carbocycles. The average Bonchev–Trinajstić information content (AvgIpc) is 2.66. The lowest BCUT2D eigenvalue weighted by atomic mass is 10.0. The van der Waals surface area contributed by atoms with Gasteiger partial charge >= 0.3 is 0 Å². The Morgan fingerprint density at radius 1 is 1.00 bits per heavy atom. The van der Waals surface area contributed by atoms with Crippen molar-refractivity contribution >= 4 is 31.5 Å². The lowest BCUT2D eigenvalue weighted by Gasteiger charge is -2.02. The summed E-state index contributed by atoms with van der Waals surface area (Å²) in [5.41, 5.74) is 2.89. The van der Waals surface area contributed by atoms with E-state index in [0.29, 0.717) is 0 Å². The molecule has 0 nitrogen and oxygen atoms in total. The predicted molar refractivity (Wildman–Crippen MR) is 73.4 cm³/mol. The Bertz CT molecular complexity index is 662. The predicted octanol–water partition coefficient (Wildman–Crippen LogP) is 4.93. The van der Waals surface area contributed by atoms with E-state index in [9.17, 15) is 0 Å². The molecule has 0 atom stereocenters. The maximum Gasteiger partial charge on any atom is 0.0358 e. The second-order valence-corrected chi connectivity index (χ2v) is 5.31. The largest absolute Gasteiger partial charge is 0.135 e. The minimum atomic E-state index is 1.12. The van der Waals surface area contributed by atoms with Crippen LogP contribution in [0.25, 0.3) is 20.2 Å². The van der Waals surface area contributed by atoms with Gasteiger partial charge in [-0.05, 0) is 42.7 Å². The summed E-state index contributed by atoms with van der Waals surface area (Å²) in [4.78, 5) is 0. The van der Waals surface area contributed by atoms with E-state index in [4.69, 9.17) is 0 Å². The van der Waals surface area contributed by atoms with E-state index in [2.05, 4.69) is 50.2 Å². The van der Waals surface area contributed by atoms with Crippen LogP contribution in [-0.2, 0) is 6.42 Å². The van der Waals surface area contributed by atoms with Crippen molar-refractivity contribution in [1.29, 1.82) is 0 Å². The maximum absolute atomic E-state index is 2.36. The Hall–Kier alpha value is -1.34. The average molecular weight is 226 g/mol. The molecular weight excluding hydrogens is 212 g/mol. The van der Waals surface area contributed by atoms with Gasteiger partial charge in [0, 0.05) is 20.2 Å². The summed E-state index contributed by atoms with van der Waals surface area (Å²) >= 11 is 1.90. The van der Waals surface area contributed by atoms with Crippen molar-refractivity contribution in [2.24, 2.45) is 0 Å². The molecule has 0 N–H and O–H groups in total. The van der Waals surface area contributed by atoms with E-state index in [-0.39, 0.29) is 0 Å². The minimum Gasteiger partial charge on any atom is -0.135 e. The SMILES string of the molecule is CCc1cc2sc3ccccc3c2cc1C. The van der Waals surface area contributed by atoms with Crippen LogP contribution in [0.1, 0.15) is 18.1 Å². The molecule has 0 spiro atoms. The molecule has 0 fully saturated rings. The Kier molecular flexibility index (Phi) is 2.22. The number of benzene rings is 2. The van der Waals surface area contributed by atoms with Crippen LogP contribution in [0.15, 0.2) is 36.4 Å². The maximum atomic E-state index is 2.36. The Balaban J connectivity index is 2.46. The van der Waals surface area contributed by atoms with Crippen molar-refractivity contribution in [3.8, 4) is 0 Å². The number of hydrogen-bond acceptors (Lipinski definition) is 1. The fourth-order valence-electron chi connectivity index (χ4n) is 2.30. The molecule has 3 rings (SSSR count). The zero-order chi connectivity index (χ0) is 11.1. The molecule has 2 aromatic carbocycles. The molecule has 0 saturated heterocycles. The first-order valence-corrected chi connectivity index (χ1v) is 6.52. The van der Waals surface area contributed by atoms with Crippen LogP contribution in [0.2, 0.25) is 0 Å². The van der Waals surface area contributed by atoms with Crippen LogP contribution in [0.3, 0.4) is 0 Å². The van der Waals surface area contributed by atoms with E-state index in [1.165, 1.54) is 31.3 Å². The van der Waals surface area contributed by atoms with Gasteiger partial charge in [0.25, 0.3) is 0 Å². The molecular formula is C15H14S. The van der Waals surface area contributed by atoms with Crippen LogP contribution in [0.5, 0.6) is 0 Å². The Morgan fingerprint density at radius 3 is 2.62 bits per heavy atom. The summed E-state index contributed by atoms with van der Waals surface area (Å²) in [6.45, 7) is 4.44. The first-order chi connectivity index (χ1) is 7.79. The molecule has 16 heavy (non-hydrogen) atoms. The molecule has 1 heterocycles. The molecule has 0 bridgehead atoms. The lowest BCUT2D eigenvalue weighted by Crippen LogP contribution is -1.84. The topological polar surface area (TPSA) is 0 Å². The van der Waals surface area contributed by atoms with E-state index in [1.54, 1.807) is 0 Å². The third-order valence-electron chi connectivity index (χ3n) is 3.22. The quantitative estimate of drug-likeness (QED) is 0.552. The number of fused-ring (bicyclic) bond motifs is 3. The van der Waals surface area contributed by atoms with E-state index in [1.807, 2.05) is 11.3 Å². The third-order valence-corrected chi connectivity index (χ3v) is 4.35. The third kappa shape index (κ3) is 1.35. The van der Waals surface area contributed by atoms with E-state index in [0.717, 1.165) is 6.42 Å².